The fourth-order valence-electron chi connectivity index (χ4n) is 3.14. The summed E-state index contributed by atoms with van der Waals surface area (Å²) < 4.78 is 5.19. The van der Waals surface area contributed by atoms with Gasteiger partial charge in [0.25, 0.3) is 5.91 Å². The van der Waals surface area contributed by atoms with Gasteiger partial charge in [-0.25, -0.2) is 14.8 Å². The number of rotatable bonds is 4. The second-order valence-electron chi connectivity index (χ2n) is 6.65. The van der Waals surface area contributed by atoms with Gasteiger partial charge in [-0.05, 0) is 44.0 Å². The summed E-state index contributed by atoms with van der Waals surface area (Å²) in [6, 6.07) is 3.88. The van der Waals surface area contributed by atoms with Crippen LogP contribution in [0.4, 0.5) is 5.82 Å². The van der Waals surface area contributed by atoms with Crippen LogP contribution in [0.2, 0.25) is 0 Å². The molecule has 0 spiro atoms. The number of benzene rings is 1. The SMILES string of the molecule is CCOC(=O)c1nc2cc(C)c(C)cc2nc1N1CCN(C(=O)C(Cl)Cl)CC1. The number of anilines is 1. The summed E-state index contributed by atoms with van der Waals surface area (Å²) in [7, 11) is 0. The Morgan fingerprint density at radius 2 is 1.64 bits per heavy atom. The quantitative estimate of drug-likeness (QED) is 0.554. The van der Waals surface area contributed by atoms with Gasteiger partial charge in [-0.3, -0.25) is 4.79 Å². The topological polar surface area (TPSA) is 75.6 Å². The number of amides is 1. The Kier molecular flexibility index (Phi) is 6.25. The molecular formula is C19H22Cl2N4O3. The Morgan fingerprint density at radius 3 is 2.18 bits per heavy atom. The lowest BCUT2D eigenvalue weighted by Gasteiger charge is -2.36. The Bertz CT molecular complexity index is 912. The molecule has 1 aliphatic heterocycles. The summed E-state index contributed by atoms with van der Waals surface area (Å²) in [5.41, 5.74) is 3.72. The first-order valence-corrected chi connectivity index (χ1v) is 9.97. The van der Waals surface area contributed by atoms with Crippen LogP contribution in [0.25, 0.3) is 11.0 Å². The van der Waals surface area contributed by atoms with E-state index in [0.717, 1.165) is 11.1 Å². The number of esters is 1. The minimum Gasteiger partial charge on any atom is -0.461 e. The Morgan fingerprint density at radius 1 is 1.07 bits per heavy atom. The maximum atomic E-state index is 12.5. The van der Waals surface area contributed by atoms with E-state index >= 15 is 0 Å². The fraction of sp³-hybridized carbons (Fsp3) is 0.474. The molecule has 1 saturated heterocycles. The van der Waals surface area contributed by atoms with Crippen molar-refractivity contribution in [1.29, 1.82) is 0 Å². The number of aromatic nitrogens is 2. The molecular weight excluding hydrogens is 403 g/mol. The van der Waals surface area contributed by atoms with E-state index in [9.17, 15) is 9.59 Å². The van der Waals surface area contributed by atoms with Crippen molar-refractivity contribution < 1.29 is 14.3 Å². The molecule has 0 atom stereocenters. The number of carbonyl (C=O) groups is 2. The predicted molar refractivity (Wildman–Crippen MR) is 109 cm³/mol. The van der Waals surface area contributed by atoms with E-state index in [1.807, 2.05) is 30.9 Å². The maximum Gasteiger partial charge on any atom is 0.360 e. The highest BCUT2D eigenvalue weighted by molar-refractivity contribution is 6.53. The van der Waals surface area contributed by atoms with Gasteiger partial charge in [-0.1, -0.05) is 23.2 Å². The summed E-state index contributed by atoms with van der Waals surface area (Å²) in [6.45, 7) is 7.85. The van der Waals surface area contributed by atoms with Crippen LogP contribution in [0.3, 0.4) is 0 Å². The predicted octanol–water partition coefficient (Wildman–Crippen LogP) is 2.88. The highest BCUT2D eigenvalue weighted by Crippen LogP contribution is 2.25. The molecule has 2 heterocycles. The number of nitrogens with zero attached hydrogens (tertiary/aromatic N) is 4. The number of hydrogen-bond donors (Lipinski definition) is 0. The largest absolute Gasteiger partial charge is 0.461 e. The molecule has 3 rings (SSSR count). The Hall–Kier alpha value is -2.12. The number of hydrogen-bond acceptors (Lipinski definition) is 6. The molecule has 1 aliphatic rings. The number of fused-ring (bicyclic) bond motifs is 1. The zero-order chi connectivity index (χ0) is 20.4. The lowest BCUT2D eigenvalue weighted by molar-refractivity contribution is -0.129. The standard InChI is InChI=1S/C19H22Cl2N4O3/c1-4-28-19(27)15-17(23-14-10-12(3)11(2)9-13(14)22-15)24-5-7-25(8-6-24)18(26)16(20)21/h9-10,16H,4-8H2,1-3H3. The van der Waals surface area contributed by atoms with Crippen molar-refractivity contribution in [3.63, 3.8) is 0 Å². The third kappa shape index (κ3) is 4.15. The van der Waals surface area contributed by atoms with E-state index in [-0.39, 0.29) is 18.2 Å². The molecule has 0 N–H and O–H groups in total. The molecule has 0 aliphatic carbocycles. The molecule has 28 heavy (non-hydrogen) atoms. The number of halogens is 2. The molecule has 1 fully saturated rings. The van der Waals surface area contributed by atoms with Crippen LogP contribution < -0.4 is 4.90 Å². The summed E-state index contributed by atoms with van der Waals surface area (Å²) in [5, 5.41) is 0. The molecule has 0 bridgehead atoms. The third-order valence-electron chi connectivity index (χ3n) is 4.81. The Balaban J connectivity index is 1.96. The molecule has 9 heteroatoms. The van der Waals surface area contributed by atoms with Crippen molar-refractivity contribution in [2.75, 3.05) is 37.7 Å². The first kappa shape index (κ1) is 20.6. The number of ether oxygens (including phenoxy) is 1. The summed E-state index contributed by atoms with van der Waals surface area (Å²) >= 11 is 11.4. The first-order chi connectivity index (χ1) is 13.3. The normalized spacial score (nSPS) is 14.6. The van der Waals surface area contributed by atoms with E-state index in [0.29, 0.717) is 43.0 Å². The molecule has 7 nitrogen and oxygen atoms in total. The van der Waals surface area contributed by atoms with Crippen LogP contribution in [0, 0.1) is 13.8 Å². The molecule has 150 valence electrons. The van der Waals surface area contributed by atoms with Crippen LogP contribution in [-0.2, 0) is 9.53 Å². The van der Waals surface area contributed by atoms with Gasteiger partial charge in [0.1, 0.15) is 0 Å². The molecule has 0 unspecified atom stereocenters. The summed E-state index contributed by atoms with van der Waals surface area (Å²) in [4.78, 5) is 36.2. The highest BCUT2D eigenvalue weighted by Gasteiger charge is 2.29. The average Bonchev–Trinajstić information content (AvgIpc) is 2.67. The van der Waals surface area contributed by atoms with Gasteiger partial charge in [-0.2, -0.15) is 0 Å². The van der Waals surface area contributed by atoms with Crippen molar-refractivity contribution >= 4 is 51.9 Å². The van der Waals surface area contributed by atoms with E-state index < -0.39 is 10.8 Å². The summed E-state index contributed by atoms with van der Waals surface area (Å²) in [5.74, 6) is -0.357. The van der Waals surface area contributed by atoms with Crippen LogP contribution >= 0.6 is 23.2 Å². The second-order valence-corrected chi connectivity index (χ2v) is 7.75. The summed E-state index contributed by atoms with van der Waals surface area (Å²) in [6.07, 6.45) is 0. The smallest absolute Gasteiger partial charge is 0.360 e. The first-order valence-electron chi connectivity index (χ1n) is 9.09. The number of piperazine rings is 1. The minimum absolute atomic E-state index is 0.185. The lowest BCUT2D eigenvalue weighted by atomic mass is 10.1. The minimum atomic E-state index is -1.08. The van der Waals surface area contributed by atoms with Crippen molar-refractivity contribution in [1.82, 2.24) is 14.9 Å². The fourth-order valence-corrected chi connectivity index (χ4v) is 3.41. The molecule has 2 aromatic rings. The lowest BCUT2D eigenvalue weighted by Crippen LogP contribution is -2.50. The molecule has 0 saturated carbocycles. The number of alkyl halides is 2. The molecule has 1 aromatic carbocycles. The van der Waals surface area contributed by atoms with E-state index in [1.165, 1.54) is 0 Å². The van der Waals surface area contributed by atoms with Crippen molar-refractivity contribution in [2.45, 2.75) is 25.6 Å². The second kappa shape index (κ2) is 8.49. The van der Waals surface area contributed by atoms with Crippen LogP contribution in [0.15, 0.2) is 12.1 Å². The molecule has 1 aromatic heterocycles. The average molecular weight is 425 g/mol. The van der Waals surface area contributed by atoms with Gasteiger partial charge in [0, 0.05) is 26.2 Å². The van der Waals surface area contributed by atoms with Crippen molar-refractivity contribution in [3.05, 3.63) is 29.0 Å². The Labute approximate surface area is 173 Å². The van der Waals surface area contributed by atoms with Crippen molar-refractivity contribution in [2.24, 2.45) is 0 Å². The third-order valence-corrected chi connectivity index (χ3v) is 5.18. The van der Waals surface area contributed by atoms with E-state index in [4.69, 9.17) is 32.9 Å². The van der Waals surface area contributed by atoms with Crippen LogP contribution in [-0.4, -0.2) is 64.4 Å². The van der Waals surface area contributed by atoms with Crippen LogP contribution in [0.5, 0.6) is 0 Å². The number of aryl methyl sites for hydroxylation is 2. The van der Waals surface area contributed by atoms with E-state index in [2.05, 4.69) is 4.98 Å². The van der Waals surface area contributed by atoms with Crippen molar-refractivity contribution in [3.8, 4) is 0 Å². The highest BCUT2D eigenvalue weighted by atomic mass is 35.5. The van der Waals surface area contributed by atoms with Gasteiger partial charge in [-0.15, -0.1) is 0 Å². The van der Waals surface area contributed by atoms with Gasteiger partial charge >= 0.3 is 5.97 Å². The maximum absolute atomic E-state index is 12.5. The molecule has 0 radical (unpaired) electrons. The van der Waals surface area contributed by atoms with Gasteiger partial charge in [0.05, 0.1) is 17.6 Å². The molecule has 1 amide bonds. The number of carbonyl (C=O) groups excluding carboxylic acids is 2. The zero-order valence-electron chi connectivity index (χ0n) is 16.0. The van der Waals surface area contributed by atoms with Crippen LogP contribution in [0.1, 0.15) is 28.5 Å². The van der Waals surface area contributed by atoms with E-state index in [1.54, 1.807) is 11.8 Å². The van der Waals surface area contributed by atoms with Gasteiger partial charge in [0.15, 0.2) is 16.3 Å². The van der Waals surface area contributed by atoms with Gasteiger partial charge in [0.2, 0.25) is 0 Å². The van der Waals surface area contributed by atoms with Gasteiger partial charge < -0.3 is 14.5 Å². The monoisotopic (exact) mass is 424 g/mol. The zero-order valence-corrected chi connectivity index (χ0v) is 17.5.